The molecule has 0 saturated heterocycles. The van der Waals surface area contributed by atoms with Crippen molar-refractivity contribution in [3.8, 4) is 5.75 Å². The first-order valence-corrected chi connectivity index (χ1v) is 9.21. The summed E-state index contributed by atoms with van der Waals surface area (Å²) < 4.78 is 5.88. The van der Waals surface area contributed by atoms with E-state index in [9.17, 15) is 4.79 Å². The predicted octanol–water partition coefficient (Wildman–Crippen LogP) is 4.46. The van der Waals surface area contributed by atoms with Gasteiger partial charge in [-0.2, -0.15) is 0 Å². The summed E-state index contributed by atoms with van der Waals surface area (Å²) in [5, 5.41) is 3.02. The lowest BCUT2D eigenvalue weighted by molar-refractivity contribution is -0.127. The number of nitrogens with one attached hydrogen (secondary N) is 1. The fraction of sp³-hybridized carbons (Fsp3) is 0.409. The molecule has 3 nitrogen and oxygen atoms in total. The van der Waals surface area contributed by atoms with Crippen LogP contribution in [0.2, 0.25) is 0 Å². The number of carbonyl (C=O) groups is 1. The molecule has 2 rings (SSSR count). The lowest BCUT2D eigenvalue weighted by Gasteiger charge is -2.18. The molecule has 0 aromatic heterocycles. The van der Waals surface area contributed by atoms with Crippen LogP contribution in [0.4, 0.5) is 0 Å². The van der Waals surface area contributed by atoms with Crippen molar-refractivity contribution in [1.82, 2.24) is 5.32 Å². The van der Waals surface area contributed by atoms with Gasteiger partial charge in [0.05, 0.1) is 0 Å². The van der Waals surface area contributed by atoms with Crippen molar-refractivity contribution in [2.75, 3.05) is 0 Å². The van der Waals surface area contributed by atoms with Gasteiger partial charge < -0.3 is 10.1 Å². The van der Waals surface area contributed by atoms with Crippen molar-refractivity contribution in [2.24, 2.45) is 0 Å². The fourth-order valence-electron chi connectivity index (χ4n) is 2.89. The normalized spacial score (nSPS) is 11.8. The lowest BCUT2D eigenvalue weighted by atomic mass is 10.0. The summed E-state index contributed by atoms with van der Waals surface area (Å²) in [5.41, 5.74) is 4.88. The van der Waals surface area contributed by atoms with Gasteiger partial charge in [-0.05, 0) is 54.5 Å². The second-order valence-electron chi connectivity index (χ2n) is 6.25. The van der Waals surface area contributed by atoms with E-state index in [1.165, 1.54) is 16.7 Å². The van der Waals surface area contributed by atoms with Gasteiger partial charge in [0.2, 0.25) is 0 Å². The molecule has 3 heteroatoms. The summed E-state index contributed by atoms with van der Waals surface area (Å²) in [6, 6.07) is 14.4. The van der Waals surface area contributed by atoms with Crippen LogP contribution in [-0.4, -0.2) is 12.0 Å². The molecule has 1 unspecified atom stereocenters. The van der Waals surface area contributed by atoms with E-state index in [0.717, 1.165) is 30.6 Å². The minimum absolute atomic E-state index is 0.0881. The number of amides is 1. The third-order valence-corrected chi connectivity index (χ3v) is 4.54. The van der Waals surface area contributed by atoms with Gasteiger partial charge in [-0.15, -0.1) is 0 Å². The third kappa shape index (κ3) is 5.09. The molecule has 0 heterocycles. The molecule has 0 aliphatic rings. The molecule has 0 spiro atoms. The number of rotatable bonds is 8. The van der Waals surface area contributed by atoms with Gasteiger partial charge in [-0.3, -0.25) is 4.79 Å². The Morgan fingerprint density at radius 2 is 1.68 bits per heavy atom. The summed E-state index contributed by atoms with van der Waals surface area (Å²) >= 11 is 0. The molecule has 0 bridgehead atoms. The first-order chi connectivity index (χ1) is 12.1. The average Bonchev–Trinajstić information content (AvgIpc) is 2.66. The number of benzene rings is 2. The molecular formula is C22H29NO2. The smallest absolute Gasteiger partial charge is 0.261 e. The maximum atomic E-state index is 12.4. The lowest BCUT2D eigenvalue weighted by Crippen LogP contribution is -2.36. The second kappa shape index (κ2) is 9.26. The Morgan fingerprint density at radius 3 is 2.36 bits per heavy atom. The van der Waals surface area contributed by atoms with Crippen molar-refractivity contribution < 1.29 is 9.53 Å². The zero-order valence-corrected chi connectivity index (χ0v) is 15.8. The maximum Gasteiger partial charge on any atom is 0.261 e. The molecule has 2 aromatic rings. The van der Waals surface area contributed by atoms with Gasteiger partial charge in [-0.25, -0.2) is 0 Å². The number of para-hydroxylation sites is 1. The van der Waals surface area contributed by atoms with Crippen LogP contribution in [0.5, 0.6) is 5.75 Å². The van der Waals surface area contributed by atoms with Gasteiger partial charge in [-0.1, -0.05) is 57.2 Å². The summed E-state index contributed by atoms with van der Waals surface area (Å²) in [6.45, 7) is 8.70. The fourth-order valence-corrected chi connectivity index (χ4v) is 2.89. The first-order valence-electron chi connectivity index (χ1n) is 9.21. The Bertz CT molecular complexity index is 709. The highest BCUT2D eigenvalue weighted by atomic mass is 16.5. The second-order valence-corrected chi connectivity index (χ2v) is 6.25. The first kappa shape index (κ1) is 19.0. The molecule has 25 heavy (non-hydrogen) atoms. The topological polar surface area (TPSA) is 38.3 Å². The molecule has 134 valence electrons. The highest BCUT2D eigenvalue weighted by Crippen LogP contribution is 2.20. The average molecular weight is 339 g/mol. The van der Waals surface area contributed by atoms with Gasteiger partial charge in [0.15, 0.2) is 6.10 Å². The molecule has 0 aliphatic heterocycles. The minimum atomic E-state index is -0.521. The SMILES string of the molecule is CCc1ccc(CC)c(CNC(=O)C(C)Oc2ccccc2CC)c1. The number of carbonyl (C=O) groups excluding carboxylic acids is 1. The third-order valence-electron chi connectivity index (χ3n) is 4.54. The van der Waals surface area contributed by atoms with E-state index in [0.29, 0.717) is 6.54 Å². The van der Waals surface area contributed by atoms with Crippen molar-refractivity contribution in [1.29, 1.82) is 0 Å². The number of aryl methyl sites for hydroxylation is 3. The Hall–Kier alpha value is -2.29. The highest BCUT2D eigenvalue weighted by molar-refractivity contribution is 5.80. The van der Waals surface area contributed by atoms with Crippen molar-refractivity contribution in [2.45, 2.75) is 59.6 Å². The van der Waals surface area contributed by atoms with Gasteiger partial charge in [0.25, 0.3) is 5.91 Å². The molecule has 2 aromatic carbocycles. The molecule has 1 N–H and O–H groups in total. The van der Waals surface area contributed by atoms with E-state index in [4.69, 9.17) is 4.74 Å². The molecule has 0 radical (unpaired) electrons. The zero-order chi connectivity index (χ0) is 18.2. The molecule has 0 saturated carbocycles. The summed E-state index contributed by atoms with van der Waals surface area (Å²) in [5.74, 6) is 0.699. The summed E-state index contributed by atoms with van der Waals surface area (Å²) in [7, 11) is 0. The van der Waals surface area contributed by atoms with Crippen molar-refractivity contribution in [3.63, 3.8) is 0 Å². The number of hydrogen-bond donors (Lipinski definition) is 1. The van der Waals surface area contributed by atoms with Crippen LogP contribution in [0.25, 0.3) is 0 Å². The van der Waals surface area contributed by atoms with Crippen LogP contribution >= 0.6 is 0 Å². The Labute approximate surface area is 151 Å². The van der Waals surface area contributed by atoms with Gasteiger partial charge in [0, 0.05) is 6.54 Å². The van der Waals surface area contributed by atoms with E-state index in [1.807, 2.05) is 24.3 Å². The highest BCUT2D eigenvalue weighted by Gasteiger charge is 2.16. The van der Waals surface area contributed by atoms with E-state index < -0.39 is 6.10 Å². The van der Waals surface area contributed by atoms with Crippen LogP contribution in [0.1, 0.15) is 49.9 Å². The van der Waals surface area contributed by atoms with Crippen LogP contribution in [-0.2, 0) is 30.6 Å². The van der Waals surface area contributed by atoms with Crippen molar-refractivity contribution in [3.05, 3.63) is 64.7 Å². The van der Waals surface area contributed by atoms with Crippen molar-refractivity contribution >= 4 is 5.91 Å². The van der Waals surface area contributed by atoms with E-state index in [2.05, 4.69) is 44.3 Å². The largest absolute Gasteiger partial charge is 0.481 e. The standard InChI is InChI=1S/C22H29NO2/c1-5-17-12-13-18(6-2)20(14-17)15-23-22(24)16(4)25-21-11-9-8-10-19(21)7-3/h8-14,16H,5-7,15H2,1-4H3,(H,23,24). The Kier molecular flexibility index (Phi) is 7.05. The monoisotopic (exact) mass is 339 g/mol. The molecule has 0 fully saturated rings. The zero-order valence-electron chi connectivity index (χ0n) is 15.8. The van der Waals surface area contributed by atoms with Crippen LogP contribution in [0.15, 0.2) is 42.5 Å². The number of ether oxygens (including phenoxy) is 1. The predicted molar refractivity (Wildman–Crippen MR) is 103 cm³/mol. The van der Waals surface area contributed by atoms with E-state index in [1.54, 1.807) is 6.92 Å². The molecular weight excluding hydrogens is 310 g/mol. The summed E-state index contributed by atoms with van der Waals surface area (Å²) in [4.78, 5) is 12.4. The van der Waals surface area contributed by atoms with E-state index in [-0.39, 0.29) is 5.91 Å². The molecule has 1 atom stereocenters. The molecule has 1 amide bonds. The van der Waals surface area contributed by atoms with Crippen LogP contribution in [0.3, 0.4) is 0 Å². The summed E-state index contributed by atoms with van der Waals surface area (Å²) in [6.07, 6.45) is 2.32. The Morgan fingerprint density at radius 1 is 0.960 bits per heavy atom. The van der Waals surface area contributed by atoms with Gasteiger partial charge in [0.1, 0.15) is 5.75 Å². The van der Waals surface area contributed by atoms with E-state index >= 15 is 0 Å². The van der Waals surface area contributed by atoms with Gasteiger partial charge >= 0.3 is 0 Å². The maximum absolute atomic E-state index is 12.4. The molecule has 0 aliphatic carbocycles. The minimum Gasteiger partial charge on any atom is -0.481 e. The quantitative estimate of drug-likeness (QED) is 0.771. The number of hydrogen-bond acceptors (Lipinski definition) is 2. The van der Waals surface area contributed by atoms with Crippen LogP contribution < -0.4 is 10.1 Å². The van der Waals surface area contributed by atoms with Crippen LogP contribution in [0, 0.1) is 0 Å². The Balaban J connectivity index is 2.00.